The number of amides is 1. The molecule has 2 rings (SSSR count). The molecule has 0 bridgehead atoms. The highest BCUT2D eigenvalue weighted by Crippen LogP contribution is 2.27. The lowest BCUT2D eigenvalue weighted by Gasteiger charge is -2.24. The maximum atomic E-state index is 12.0. The first-order chi connectivity index (χ1) is 8.78. The molecule has 1 aromatic rings. The average molecular weight is 268 g/mol. The van der Waals surface area contributed by atoms with E-state index in [0.717, 1.165) is 0 Å². The third-order valence-corrected chi connectivity index (χ3v) is 3.02. The highest BCUT2D eigenvalue weighted by atomic mass is 16.6. The fourth-order valence-electron chi connectivity index (χ4n) is 2.16. The molecule has 1 N–H and O–H groups in total. The average Bonchev–Trinajstić information content (AvgIpc) is 2.82. The molecular weight excluding hydrogens is 248 g/mol. The van der Waals surface area contributed by atoms with Crippen LogP contribution in [-0.4, -0.2) is 55.7 Å². The third-order valence-electron chi connectivity index (χ3n) is 3.02. The summed E-state index contributed by atoms with van der Waals surface area (Å²) in [7, 11) is 1.77. The van der Waals surface area contributed by atoms with Crippen LogP contribution in [0.3, 0.4) is 0 Å². The Hall–Kier alpha value is -1.63. The predicted molar refractivity (Wildman–Crippen MR) is 67.6 cm³/mol. The fraction of sp³-hybridized carbons (Fsp3) is 0.750. The van der Waals surface area contributed by atoms with Gasteiger partial charge in [-0.3, -0.25) is 4.68 Å². The normalized spacial score (nSPS) is 23.7. The molecule has 1 aromatic heterocycles. The molecule has 0 spiro atoms. The lowest BCUT2D eigenvalue weighted by Crippen LogP contribution is -2.35. The highest BCUT2D eigenvalue weighted by molar-refractivity contribution is 5.68. The van der Waals surface area contributed by atoms with Crippen LogP contribution in [0.1, 0.15) is 32.5 Å². The first-order valence-electron chi connectivity index (χ1n) is 6.28. The van der Waals surface area contributed by atoms with Gasteiger partial charge in [-0.1, -0.05) is 0 Å². The number of ether oxygens (including phenoxy) is 1. The van der Waals surface area contributed by atoms with Crippen LogP contribution in [0.5, 0.6) is 0 Å². The van der Waals surface area contributed by atoms with E-state index >= 15 is 0 Å². The highest BCUT2D eigenvalue weighted by Gasteiger charge is 2.38. The summed E-state index contributed by atoms with van der Waals surface area (Å²) in [6, 6.07) is 0. The number of aliphatic hydroxyl groups excluding tert-OH is 1. The molecule has 7 heteroatoms. The van der Waals surface area contributed by atoms with Crippen molar-refractivity contribution < 1.29 is 14.6 Å². The van der Waals surface area contributed by atoms with Crippen LogP contribution in [0.4, 0.5) is 4.79 Å². The van der Waals surface area contributed by atoms with Crippen molar-refractivity contribution in [3.05, 3.63) is 12.2 Å². The first kappa shape index (κ1) is 13.8. The molecule has 0 aliphatic carbocycles. The molecule has 1 amide bonds. The van der Waals surface area contributed by atoms with Gasteiger partial charge in [0.05, 0.1) is 18.6 Å². The van der Waals surface area contributed by atoms with E-state index in [4.69, 9.17) is 4.74 Å². The summed E-state index contributed by atoms with van der Waals surface area (Å²) >= 11 is 0. The van der Waals surface area contributed by atoms with Crippen LogP contribution >= 0.6 is 0 Å². The maximum Gasteiger partial charge on any atom is 0.410 e. The van der Waals surface area contributed by atoms with E-state index in [1.165, 1.54) is 11.2 Å². The quantitative estimate of drug-likeness (QED) is 0.802. The number of hydrogen-bond donors (Lipinski definition) is 1. The summed E-state index contributed by atoms with van der Waals surface area (Å²) in [5.41, 5.74) is -0.537. The number of aryl methyl sites for hydroxylation is 1. The van der Waals surface area contributed by atoms with E-state index < -0.39 is 17.8 Å². The van der Waals surface area contributed by atoms with Gasteiger partial charge in [0.2, 0.25) is 0 Å². The number of hydrogen-bond acceptors (Lipinski definition) is 5. The van der Waals surface area contributed by atoms with Crippen molar-refractivity contribution in [3.63, 3.8) is 0 Å². The number of carbonyl (C=O) groups excluding carboxylic acids is 1. The van der Waals surface area contributed by atoms with E-state index in [9.17, 15) is 9.90 Å². The Kier molecular flexibility index (Phi) is 3.49. The monoisotopic (exact) mass is 268 g/mol. The van der Waals surface area contributed by atoms with Gasteiger partial charge in [0, 0.05) is 13.6 Å². The van der Waals surface area contributed by atoms with Gasteiger partial charge in [-0.15, -0.1) is 0 Å². The summed E-state index contributed by atoms with van der Waals surface area (Å²) in [6.45, 7) is 6.10. The van der Waals surface area contributed by atoms with Gasteiger partial charge in [-0.25, -0.2) is 9.78 Å². The Morgan fingerprint density at radius 3 is 2.68 bits per heavy atom. The SMILES string of the molecule is Cn1ncnc1[C@@H]1CN(C(=O)OC(C)(C)C)C[C@H]1O. The van der Waals surface area contributed by atoms with Crippen molar-refractivity contribution in [2.45, 2.75) is 38.4 Å². The summed E-state index contributed by atoms with van der Waals surface area (Å²) in [5, 5.41) is 14.1. The molecule has 1 fully saturated rings. The van der Waals surface area contributed by atoms with E-state index in [2.05, 4.69) is 10.1 Å². The van der Waals surface area contributed by atoms with E-state index in [1.807, 2.05) is 20.8 Å². The van der Waals surface area contributed by atoms with Crippen molar-refractivity contribution in [2.75, 3.05) is 13.1 Å². The van der Waals surface area contributed by atoms with Gasteiger partial charge in [0.15, 0.2) is 0 Å². The molecular formula is C12H20N4O3. The zero-order valence-electron chi connectivity index (χ0n) is 11.7. The number of carbonyl (C=O) groups is 1. The van der Waals surface area contributed by atoms with Crippen molar-refractivity contribution in [3.8, 4) is 0 Å². The number of nitrogens with zero attached hydrogens (tertiary/aromatic N) is 4. The number of aliphatic hydroxyl groups is 1. The maximum absolute atomic E-state index is 12.0. The van der Waals surface area contributed by atoms with E-state index in [0.29, 0.717) is 12.4 Å². The standard InChI is InChI=1S/C12H20N4O3/c1-12(2,3)19-11(18)16-5-8(9(17)6-16)10-13-7-14-15(10)4/h7-9,17H,5-6H2,1-4H3/t8-,9-/m1/s1. The minimum absolute atomic E-state index is 0.222. The molecule has 0 aromatic carbocycles. The Morgan fingerprint density at radius 2 is 2.16 bits per heavy atom. The van der Waals surface area contributed by atoms with Gasteiger partial charge in [-0.2, -0.15) is 5.10 Å². The van der Waals surface area contributed by atoms with Gasteiger partial charge in [0.1, 0.15) is 17.8 Å². The van der Waals surface area contributed by atoms with Crippen LogP contribution in [-0.2, 0) is 11.8 Å². The van der Waals surface area contributed by atoms with Crippen LogP contribution in [0.25, 0.3) is 0 Å². The Morgan fingerprint density at radius 1 is 1.47 bits per heavy atom. The van der Waals surface area contributed by atoms with Crippen LogP contribution < -0.4 is 0 Å². The molecule has 19 heavy (non-hydrogen) atoms. The zero-order chi connectivity index (χ0) is 14.2. The first-order valence-corrected chi connectivity index (χ1v) is 6.28. The number of likely N-dealkylation sites (tertiary alicyclic amines) is 1. The molecule has 2 atom stereocenters. The van der Waals surface area contributed by atoms with Crippen LogP contribution in [0, 0.1) is 0 Å². The number of β-amino-alcohol motifs (C(OH)–C–C–N with tert-alkyl or cyclic N) is 1. The van der Waals surface area contributed by atoms with Gasteiger partial charge < -0.3 is 14.7 Å². The van der Waals surface area contributed by atoms with Crippen molar-refractivity contribution in [1.82, 2.24) is 19.7 Å². The molecule has 2 heterocycles. The summed E-state index contributed by atoms with van der Waals surface area (Å²) in [6.07, 6.45) is 0.393. The van der Waals surface area contributed by atoms with Crippen LogP contribution in [0.15, 0.2) is 6.33 Å². The summed E-state index contributed by atoms with van der Waals surface area (Å²) in [5.74, 6) is 0.457. The second kappa shape index (κ2) is 4.80. The van der Waals surface area contributed by atoms with Gasteiger partial charge >= 0.3 is 6.09 Å². The van der Waals surface area contributed by atoms with E-state index in [1.54, 1.807) is 11.7 Å². The van der Waals surface area contributed by atoms with Crippen molar-refractivity contribution in [1.29, 1.82) is 0 Å². The van der Waals surface area contributed by atoms with Gasteiger partial charge in [-0.05, 0) is 20.8 Å². The molecule has 0 unspecified atom stereocenters. The second-order valence-corrected chi connectivity index (χ2v) is 5.80. The zero-order valence-corrected chi connectivity index (χ0v) is 11.7. The summed E-state index contributed by atoms with van der Waals surface area (Å²) < 4.78 is 6.92. The number of rotatable bonds is 1. The smallest absolute Gasteiger partial charge is 0.410 e. The minimum atomic E-state index is -0.643. The fourth-order valence-corrected chi connectivity index (χ4v) is 2.16. The lowest BCUT2D eigenvalue weighted by molar-refractivity contribution is 0.0270. The molecule has 1 saturated heterocycles. The minimum Gasteiger partial charge on any atom is -0.444 e. The van der Waals surface area contributed by atoms with Crippen molar-refractivity contribution >= 4 is 6.09 Å². The topological polar surface area (TPSA) is 80.5 Å². The Bertz CT molecular complexity index is 466. The molecule has 106 valence electrons. The lowest BCUT2D eigenvalue weighted by atomic mass is 10.1. The van der Waals surface area contributed by atoms with Gasteiger partial charge in [0.25, 0.3) is 0 Å². The van der Waals surface area contributed by atoms with Crippen molar-refractivity contribution in [2.24, 2.45) is 7.05 Å². The van der Waals surface area contributed by atoms with E-state index in [-0.39, 0.29) is 12.5 Å². The largest absolute Gasteiger partial charge is 0.444 e. The summed E-state index contributed by atoms with van der Waals surface area (Å²) in [4.78, 5) is 17.6. The molecule has 0 saturated carbocycles. The Labute approximate surface area is 112 Å². The number of aromatic nitrogens is 3. The second-order valence-electron chi connectivity index (χ2n) is 5.80. The van der Waals surface area contributed by atoms with Crippen LogP contribution in [0.2, 0.25) is 0 Å². The molecule has 1 aliphatic rings. The molecule has 7 nitrogen and oxygen atoms in total. The third kappa shape index (κ3) is 3.04. The molecule has 1 aliphatic heterocycles. The predicted octanol–water partition coefficient (Wildman–Crippen LogP) is 0.510. The Balaban J connectivity index is 2.06. The molecule has 0 radical (unpaired) electrons.